The molecular weight excluding hydrogens is 323 g/mol. The second kappa shape index (κ2) is 8.56. The van der Waals surface area contributed by atoms with E-state index in [1.807, 2.05) is 11.8 Å². The van der Waals surface area contributed by atoms with Crippen LogP contribution in [0.25, 0.3) is 6.08 Å². The number of halogens is 1. The molecule has 0 aromatic heterocycles. The normalized spacial score (nSPS) is 22.9. The Balaban J connectivity index is 1.49. The molecule has 1 atom stereocenters. The van der Waals surface area contributed by atoms with E-state index >= 15 is 0 Å². The van der Waals surface area contributed by atoms with Crippen LogP contribution in [0.4, 0.5) is 4.39 Å². The first-order chi connectivity index (χ1) is 12.1. The molecule has 1 amide bonds. The topological polar surface area (TPSA) is 42.0 Å². The number of carbonyl (C=O) groups excluding carboxylic acids is 1. The van der Waals surface area contributed by atoms with Crippen molar-refractivity contribution in [3.05, 3.63) is 41.2 Å². The van der Waals surface area contributed by atoms with Gasteiger partial charge >= 0.3 is 0 Å². The summed E-state index contributed by atoms with van der Waals surface area (Å²) in [6.07, 6.45) is 1.94. The summed E-state index contributed by atoms with van der Waals surface area (Å²) in [6.45, 7) is 7.76. The molecule has 1 aromatic carbocycles. The SMILES string of the molecule is C/C(=C\c1ccc(F)cc1)C(=O)N1CCN(C[C@@H]2COCCO2)CC1. The van der Waals surface area contributed by atoms with E-state index in [1.54, 1.807) is 18.2 Å². The van der Waals surface area contributed by atoms with E-state index in [2.05, 4.69) is 4.90 Å². The quantitative estimate of drug-likeness (QED) is 0.778. The van der Waals surface area contributed by atoms with Crippen LogP contribution in [0, 0.1) is 5.82 Å². The molecule has 6 heteroatoms. The monoisotopic (exact) mass is 348 g/mol. The Bertz CT molecular complexity index is 604. The molecule has 136 valence electrons. The van der Waals surface area contributed by atoms with Gasteiger partial charge in [0.15, 0.2) is 0 Å². The fraction of sp³-hybridized carbons (Fsp3) is 0.526. The zero-order valence-corrected chi connectivity index (χ0v) is 14.6. The molecule has 0 spiro atoms. The van der Waals surface area contributed by atoms with Gasteiger partial charge < -0.3 is 14.4 Å². The number of hydrogen-bond donors (Lipinski definition) is 0. The molecule has 2 aliphatic heterocycles. The van der Waals surface area contributed by atoms with Crippen LogP contribution in [-0.2, 0) is 14.3 Å². The fourth-order valence-electron chi connectivity index (χ4n) is 3.18. The van der Waals surface area contributed by atoms with Gasteiger partial charge in [0.1, 0.15) is 5.82 Å². The van der Waals surface area contributed by atoms with Crippen LogP contribution in [0.2, 0.25) is 0 Å². The van der Waals surface area contributed by atoms with Crippen molar-refractivity contribution in [3.8, 4) is 0 Å². The standard InChI is InChI=1S/C19H25FN2O3/c1-15(12-16-2-4-17(20)5-3-16)19(23)22-8-6-21(7-9-22)13-18-14-24-10-11-25-18/h2-5,12,18H,6-11,13-14H2,1H3/b15-12+/t18-/m1/s1. The van der Waals surface area contributed by atoms with Crippen LogP contribution < -0.4 is 0 Å². The van der Waals surface area contributed by atoms with Gasteiger partial charge in [-0.3, -0.25) is 9.69 Å². The molecule has 3 rings (SSSR count). The van der Waals surface area contributed by atoms with E-state index in [0.29, 0.717) is 38.5 Å². The zero-order valence-electron chi connectivity index (χ0n) is 14.6. The van der Waals surface area contributed by atoms with E-state index < -0.39 is 0 Å². The summed E-state index contributed by atoms with van der Waals surface area (Å²) in [5.41, 5.74) is 1.50. The first-order valence-corrected chi connectivity index (χ1v) is 8.76. The van der Waals surface area contributed by atoms with Gasteiger partial charge in [-0.1, -0.05) is 12.1 Å². The van der Waals surface area contributed by atoms with Gasteiger partial charge in [-0.15, -0.1) is 0 Å². The Kier molecular flexibility index (Phi) is 6.18. The van der Waals surface area contributed by atoms with Crippen molar-refractivity contribution in [2.75, 3.05) is 52.5 Å². The third-order valence-corrected chi connectivity index (χ3v) is 4.60. The predicted octanol–water partition coefficient (Wildman–Crippen LogP) is 1.79. The Morgan fingerprint density at radius 3 is 2.56 bits per heavy atom. The Hall–Kier alpha value is -1.76. The number of piperazine rings is 1. The third-order valence-electron chi connectivity index (χ3n) is 4.60. The molecule has 2 saturated heterocycles. The molecule has 1 aromatic rings. The average Bonchev–Trinajstić information content (AvgIpc) is 2.64. The van der Waals surface area contributed by atoms with Gasteiger partial charge in [0, 0.05) is 38.3 Å². The van der Waals surface area contributed by atoms with E-state index in [0.717, 1.165) is 25.2 Å². The molecule has 2 heterocycles. The molecule has 2 fully saturated rings. The van der Waals surface area contributed by atoms with Crippen molar-refractivity contribution in [1.29, 1.82) is 0 Å². The summed E-state index contributed by atoms with van der Waals surface area (Å²) in [5, 5.41) is 0. The van der Waals surface area contributed by atoms with E-state index in [4.69, 9.17) is 9.47 Å². The zero-order chi connectivity index (χ0) is 17.6. The predicted molar refractivity (Wildman–Crippen MR) is 93.6 cm³/mol. The minimum atomic E-state index is -0.274. The van der Waals surface area contributed by atoms with E-state index in [9.17, 15) is 9.18 Å². The summed E-state index contributed by atoms with van der Waals surface area (Å²) >= 11 is 0. The fourth-order valence-corrected chi connectivity index (χ4v) is 3.18. The first-order valence-electron chi connectivity index (χ1n) is 8.76. The Morgan fingerprint density at radius 1 is 1.20 bits per heavy atom. The summed E-state index contributed by atoms with van der Waals surface area (Å²) in [6, 6.07) is 6.16. The van der Waals surface area contributed by atoms with Crippen LogP contribution >= 0.6 is 0 Å². The lowest BCUT2D eigenvalue weighted by molar-refractivity contribution is -0.130. The van der Waals surface area contributed by atoms with Gasteiger partial charge in [-0.2, -0.15) is 0 Å². The molecule has 5 nitrogen and oxygen atoms in total. The van der Waals surface area contributed by atoms with Gasteiger partial charge in [0.2, 0.25) is 5.91 Å². The second-order valence-electron chi connectivity index (χ2n) is 6.54. The number of benzene rings is 1. The largest absolute Gasteiger partial charge is 0.376 e. The molecule has 25 heavy (non-hydrogen) atoms. The van der Waals surface area contributed by atoms with Gasteiger partial charge in [0.25, 0.3) is 0 Å². The lowest BCUT2D eigenvalue weighted by Gasteiger charge is -2.37. The smallest absolute Gasteiger partial charge is 0.249 e. The maximum absolute atomic E-state index is 13.0. The molecule has 0 radical (unpaired) electrons. The van der Waals surface area contributed by atoms with Gasteiger partial charge in [-0.05, 0) is 30.7 Å². The van der Waals surface area contributed by atoms with Gasteiger partial charge in [-0.25, -0.2) is 4.39 Å². The molecule has 0 aliphatic carbocycles. The third kappa shape index (κ3) is 5.11. The second-order valence-corrected chi connectivity index (χ2v) is 6.54. The molecule has 2 aliphatic rings. The molecule has 0 saturated carbocycles. The molecule has 0 bridgehead atoms. The lowest BCUT2D eigenvalue weighted by Crippen LogP contribution is -2.51. The Morgan fingerprint density at radius 2 is 1.92 bits per heavy atom. The van der Waals surface area contributed by atoms with Crippen LogP contribution in [-0.4, -0.2) is 74.4 Å². The van der Waals surface area contributed by atoms with E-state index in [1.165, 1.54) is 12.1 Å². The van der Waals surface area contributed by atoms with Crippen LogP contribution in [0.3, 0.4) is 0 Å². The number of amides is 1. The van der Waals surface area contributed by atoms with Crippen molar-refractivity contribution >= 4 is 12.0 Å². The maximum atomic E-state index is 13.0. The van der Waals surface area contributed by atoms with Crippen molar-refractivity contribution in [1.82, 2.24) is 9.80 Å². The van der Waals surface area contributed by atoms with Crippen molar-refractivity contribution < 1.29 is 18.7 Å². The van der Waals surface area contributed by atoms with Crippen LogP contribution in [0.1, 0.15) is 12.5 Å². The molecule has 0 unspecified atom stereocenters. The van der Waals surface area contributed by atoms with Crippen LogP contribution in [0.5, 0.6) is 0 Å². The Labute approximate surface area is 148 Å². The highest BCUT2D eigenvalue weighted by molar-refractivity contribution is 5.97. The molecule has 0 N–H and O–H groups in total. The maximum Gasteiger partial charge on any atom is 0.249 e. The van der Waals surface area contributed by atoms with Crippen molar-refractivity contribution in [2.45, 2.75) is 13.0 Å². The lowest BCUT2D eigenvalue weighted by atomic mass is 10.1. The number of ether oxygens (including phenoxy) is 2. The van der Waals surface area contributed by atoms with E-state index in [-0.39, 0.29) is 17.8 Å². The number of rotatable bonds is 4. The van der Waals surface area contributed by atoms with Gasteiger partial charge in [0.05, 0.1) is 25.9 Å². The number of carbonyl (C=O) groups is 1. The highest BCUT2D eigenvalue weighted by Crippen LogP contribution is 2.13. The summed E-state index contributed by atoms with van der Waals surface area (Å²) in [7, 11) is 0. The summed E-state index contributed by atoms with van der Waals surface area (Å²) < 4.78 is 24.1. The number of hydrogen-bond acceptors (Lipinski definition) is 4. The van der Waals surface area contributed by atoms with Crippen molar-refractivity contribution in [2.24, 2.45) is 0 Å². The first kappa shape index (κ1) is 18.0. The highest BCUT2D eigenvalue weighted by Gasteiger charge is 2.25. The molecular formula is C19H25FN2O3. The minimum absolute atomic E-state index is 0.0428. The summed E-state index contributed by atoms with van der Waals surface area (Å²) in [4.78, 5) is 16.8. The summed E-state index contributed by atoms with van der Waals surface area (Å²) in [5.74, 6) is -0.231. The minimum Gasteiger partial charge on any atom is -0.376 e. The van der Waals surface area contributed by atoms with Crippen molar-refractivity contribution in [3.63, 3.8) is 0 Å². The van der Waals surface area contributed by atoms with Crippen LogP contribution in [0.15, 0.2) is 29.8 Å². The number of nitrogens with zero attached hydrogens (tertiary/aromatic N) is 2. The highest BCUT2D eigenvalue weighted by atomic mass is 19.1. The average molecular weight is 348 g/mol.